The van der Waals surface area contributed by atoms with Crippen molar-refractivity contribution in [3.05, 3.63) is 42.5 Å². The third-order valence-corrected chi connectivity index (χ3v) is 4.18. The first kappa shape index (κ1) is 11.4. The summed E-state index contributed by atoms with van der Waals surface area (Å²) in [6, 6.07) is 8.53. The van der Waals surface area contributed by atoms with Gasteiger partial charge in [0.1, 0.15) is 0 Å². The molecule has 1 unspecified atom stereocenters. The Bertz CT molecular complexity index is 465. The second-order valence-electron chi connectivity index (χ2n) is 3.92. The van der Waals surface area contributed by atoms with Gasteiger partial charge in [-0.15, -0.1) is 0 Å². The third kappa shape index (κ3) is 2.71. The van der Waals surface area contributed by atoms with Gasteiger partial charge in [0.2, 0.25) is 10.0 Å². The summed E-state index contributed by atoms with van der Waals surface area (Å²) in [6.45, 7) is 0. The lowest BCUT2D eigenvalue weighted by Crippen LogP contribution is -2.35. The molecular formula is C12H15NO2S. The van der Waals surface area contributed by atoms with Crippen molar-refractivity contribution in [3.8, 4) is 0 Å². The Morgan fingerprint density at radius 1 is 1.12 bits per heavy atom. The van der Waals surface area contributed by atoms with E-state index in [1.807, 2.05) is 12.1 Å². The van der Waals surface area contributed by atoms with Crippen LogP contribution in [-0.4, -0.2) is 14.5 Å². The SMILES string of the molecule is O=S(=O)(NC1CC=CCC1)c1ccccc1. The van der Waals surface area contributed by atoms with Gasteiger partial charge in [-0.25, -0.2) is 13.1 Å². The summed E-state index contributed by atoms with van der Waals surface area (Å²) in [5, 5.41) is 0. The van der Waals surface area contributed by atoms with Crippen molar-refractivity contribution < 1.29 is 8.42 Å². The van der Waals surface area contributed by atoms with Crippen LogP contribution in [0.25, 0.3) is 0 Å². The molecular weight excluding hydrogens is 222 g/mol. The molecule has 16 heavy (non-hydrogen) atoms. The largest absolute Gasteiger partial charge is 0.240 e. The van der Waals surface area contributed by atoms with Crippen LogP contribution in [0, 0.1) is 0 Å². The Morgan fingerprint density at radius 2 is 1.88 bits per heavy atom. The summed E-state index contributed by atoms with van der Waals surface area (Å²) in [6.07, 6.45) is 6.73. The van der Waals surface area contributed by atoms with E-state index in [4.69, 9.17) is 0 Å². The standard InChI is InChI=1S/C12H15NO2S/c14-16(15,12-9-5-2-6-10-12)13-11-7-3-1-4-8-11/h1-3,5-6,9-11,13H,4,7-8H2. The Labute approximate surface area is 96.2 Å². The summed E-state index contributed by atoms with van der Waals surface area (Å²) >= 11 is 0. The summed E-state index contributed by atoms with van der Waals surface area (Å²) in [5.74, 6) is 0. The molecule has 1 atom stereocenters. The molecule has 0 saturated heterocycles. The molecule has 0 heterocycles. The van der Waals surface area contributed by atoms with Crippen LogP contribution in [0.2, 0.25) is 0 Å². The molecule has 2 rings (SSSR count). The monoisotopic (exact) mass is 237 g/mol. The number of hydrogen-bond donors (Lipinski definition) is 1. The molecule has 0 spiro atoms. The smallest absolute Gasteiger partial charge is 0.208 e. The summed E-state index contributed by atoms with van der Waals surface area (Å²) in [7, 11) is -3.34. The first-order chi connectivity index (χ1) is 7.68. The van der Waals surface area contributed by atoms with Crippen molar-refractivity contribution in [2.75, 3.05) is 0 Å². The lowest BCUT2D eigenvalue weighted by Gasteiger charge is -2.19. The molecule has 0 bridgehead atoms. The first-order valence-electron chi connectivity index (χ1n) is 5.41. The molecule has 1 N–H and O–H groups in total. The molecule has 0 aromatic heterocycles. The van der Waals surface area contributed by atoms with Crippen LogP contribution in [0.4, 0.5) is 0 Å². The van der Waals surface area contributed by atoms with Gasteiger partial charge >= 0.3 is 0 Å². The van der Waals surface area contributed by atoms with Crippen molar-refractivity contribution in [1.82, 2.24) is 4.72 Å². The molecule has 1 aliphatic rings. The van der Waals surface area contributed by atoms with E-state index in [-0.39, 0.29) is 6.04 Å². The van der Waals surface area contributed by atoms with E-state index in [9.17, 15) is 8.42 Å². The van der Waals surface area contributed by atoms with E-state index >= 15 is 0 Å². The van der Waals surface area contributed by atoms with Crippen molar-refractivity contribution in [2.24, 2.45) is 0 Å². The molecule has 86 valence electrons. The molecule has 0 aliphatic heterocycles. The molecule has 1 aromatic rings. The lowest BCUT2D eigenvalue weighted by molar-refractivity contribution is 0.522. The van der Waals surface area contributed by atoms with Crippen LogP contribution in [-0.2, 0) is 10.0 Å². The van der Waals surface area contributed by atoms with E-state index in [2.05, 4.69) is 10.8 Å². The third-order valence-electron chi connectivity index (χ3n) is 2.64. The highest BCUT2D eigenvalue weighted by Gasteiger charge is 2.19. The highest BCUT2D eigenvalue weighted by Crippen LogP contribution is 2.14. The topological polar surface area (TPSA) is 46.2 Å². The number of nitrogens with one attached hydrogen (secondary N) is 1. The van der Waals surface area contributed by atoms with Gasteiger partial charge in [0.25, 0.3) is 0 Å². The Morgan fingerprint density at radius 3 is 2.50 bits per heavy atom. The summed E-state index contributed by atoms with van der Waals surface area (Å²) in [4.78, 5) is 0.338. The van der Waals surface area contributed by atoms with Crippen LogP contribution in [0.5, 0.6) is 0 Å². The lowest BCUT2D eigenvalue weighted by atomic mass is 10.0. The maximum Gasteiger partial charge on any atom is 0.240 e. The number of rotatable bonds is 3. The Balaban J connectivity index is 2.11. The Kier molecular flexibility index (Phi) is 3.41. The summed E-state index contributed by atoms with van der Waals surface area (Å²) < 4.78 is 26.7. The van der Waals surface area contributed by atoms with Crippen LogP contribution >= 0.6 is 0 Å². The highest BCUT2D eigenvalue weighted by molar-refractivity contribution is 7.89. The van der Waals surface area contributed by atoms with Crippen LogP contribution < -0.4 is 4.72 Å². The second kappa shape index (κ2) is 4.80. The summed E-state index contributed by atoms with van der Waals surface area (Å²) in [5.41, 5.74) is 0. The van der Waals surface area contributed by atoms with Crippen LogP contribution in [0.15, 0.2) is 47.4 Å². The van der Waals surface area contributed by atoms with Gasteiger partial charge in [-0.05, 0) is 31.4 Å². The fourth-order valence-electron chi connectivity index (χ4n) is 1.79. The van der Waals surface area contributed by atoms with Crippen LogP contribution in [0.1, 0.15) is 19.3 Å². The maximum atomic E-state index is 12.0. The van der Waals surface area contributed by atoms with E-state index in [1.54, 1.807) is 24.3 Å². The van der Waals surface area contributed by atoms with Gasteiger partial charge in [-0.2, -0.15) is 0 Å². The number of hydrogen-bond acceptors (Lipinski definition) is 2. The van der Waals surface area contributed by atoms with Gasteiger partial charge in [0.05, 0.1) is 4.90 Å². The number of sulfonamides is 1. The van der Waals surface area contributed by atoms with E-state index < -0.39 is 10.0 Å². The highest BCUT2D eigenvalue weighted by atomic mass is 32.2. The Hall–Kier alpha value is -1.13. The van der Waals surface area contributed by atoms with E-state index in [0.29, 0.717) is 4.90 Å². The normalized spacial score (nSPS) is 20.9. The average Bonchev–Trinajstić information content (AvgIpc) is 2.31. The zero-order valence-corrected chi connectivity index (χ0v) is 9.78. The van der Waals surface area contributed by atoms with E-state index in [0.717, 1.165) is 19.3 Å². The minimum absolute atomic E-state index is 0.0372. The van der Waals surface area contributed by atoms with Crippen molar-refractivity contribution >= 4 is 10.0 Å². The van der Waals surface area contributed by atoms with E-state index in [1.165, 1.54) is 0 Å². The fourth-order valence-corrected chi connectivity index (χ4v) is 3.09. The number of benzene rings is 1. The minimum atomic E-state index is -3.34. The molecule has 3 nitrogen and oxygen atoms in total. The second-order valence-corrected chi connectivity index (χ2v) is 5.63. The zero-order chi connectivity index (χ0) is 11.4. The van der Waals surface area contributed by atoms with Crippen molar-refractivity contribution in [2.45, 2.75) is 30.2 Å². The van der Waals surface area contributed by atoms with Gasteiger partial charge in [0.15, 0.2) is 0 Å². The van der Waals surface area contributed by atoms with Gasteiger partial charge in [-0.3, -0.25) is 0 Å². The van der Waals surface area contributed by atoms with Crippen LogP contribution in [0.3, 0.4) is 0 Å². The molecule has 4 heteroatoms. The minimum Gasteiger partial charge on any atom is -0.208 e. The van der Waals surface area contributed by atoms with Crippen molar-refractivity contribution in [1.29, 1.82) is 0 Å². The predicted octanol–water partition coefficient (Wildman–Crippen LogP) is 2.07. The molecule has 0 amide bonds. The average molecular weight is 237 g/mol. The van der Waals surface area contributed by atoms with Crippen molar-refractivity contribution in [3.63, 3.8) is 0 Å². The van der Waals surface area contributed by atoms with Gasteiger partial charge in [0, 0.05) is 6.04 Å². The predicted molar refractivity (Wildman–Crippen MR) is 63.5 cm³/mol. The molecule has 1 aromatic carbocycles. The fraction of sp³-hybridized carbons (Fsp3) is 0.333. The molecule has 1 aliphatic carbocycles. The quantitative estimate of drug-likeness (QED) is 0.818. The van der Waals surface area contributed by atoms with Gasteiger partial charge < -0.3 is 0 Å². The van der Waals surface area contributed by atoms with Gasteiger partial charge in [-0.1, -0.05) is 30.4 Å². The molecule has 0 fully saturated rings. The first-order valence-corrected chi connectivity index (χ1v) is 6.89. The molecule has 0 saturated carbocycles. The maximum absolute atomic E-state index is 12.0. The number of allylic oxidation sites excluding steroid dienone is 1. The zero-order valence-electron chi connectivity index (χ0n) is 8.96. The molecule has 0 radical (unpaired) electrons.